The van der Waals surface area contributed by atoms with Crippen LogP contribution in [0.4, 0.5) is 0 Å². The first-order valence-corrected chi connectivity index (χ1v) is 8.27. The molecule has 2 aromatic rings. The Labute approximate surface area is 157 Å². The predicted molar refractivity (Wildman–Crippen MR) is 97.8 cm³/mol. The molecule has 1 unspecified atom stereocenters. The summed E-state index contributed by atoms with van der Waals surface area (Å²) in [6, 6.07) is 11.4. The van der Waals surface area contributed by atoms with Gasteiger partial charge in [0.1, 0.15) is 11.5 Å². The van der Waals surface area contributed by atoms with Gasteiger partial charge in [-0.2, -0.15) is 0 Å². The van der Waals surface area contributed by atoms with Crippen molar-refractivity contribution in [3.05, 3.63) is 58.6 Å². The first-order valence-electron chi connectivity index (χ1n) is 7.89. The summed E-state index contributed by atoms with van der Waals surface area (Å²) < 4.78 is 15.5. The standard InChI is InChI=1S/C19H20ClNO5/c1-12(15-10-13(24-2)8-9-17(15)25-3)21-18(22)11-26-19(23)14-6-4-5-7-16(14)20/h4-10,12H,11H2,1-3H3,(H,21,22). The van der Waals surface area contributed by atoms with E-state index in [0.717, 1.165) is 5.56 Å². The van der Waals surface area contributed by atoms with E-state index in [4.69, 9.17) is 25.8 Å². The zero-order valence-corrected chi connectivity index (χ0v) is 15.5. The van der Waals surface area contributed by atoms with Crippen LogP contribution < -0.4 is 14.8 Å². The van der Waals surface area contributed by atoms with Gasteiger partial charge in [-0.05, 0) is 37.3 Å². The maximum absolute atomic E-state index is 12.1. The average Bonchev–Trinajstić information content (AvgIpc) is 2.65. The molecule has 0 saturated heterocycles. The number of ether oxygens (including phenoxy) is 3. The molecule has 2 aromatic carbocycles. The van der Waals surface area contributed by atoms with Gasteiger partial charge in [-0.1, -0.05) is 23.7 Å². The van der Waals surface area contributed by atoms with Crippen molar-refractivity contribution in [3.8, 4) is 11.5 Å². The lowest BCUT2D eigenvalue weighted by Gasteiger charge is -2.18. The molecule has 138 valence electrons. The number of methoxy groups -OCH3 is 2. The third-order valence-corrected chi connectivity index (χ3v) is 4.04. The van der Waals surface area contributed by atoms with Gasteiger partial charge in [-0.15, -0.1) is 0 Å². The fourth-order valence-electron chi connectivity index (χ4n) is 2.37. The van der Waals surface area contributed by atoms with Crippen molar-refractivity contribution in [2.75, 3.05) is 20.8 Å². The highest BCUT2D eigenvalue weighted by molar-refractivity contribution is 6.33. The minimum absolute atomic E-state index is 0.212. The lowest BCUT2D eigenvalue weighted by molar-refractivity contribution is -0.124. The van der Waals surface area contributed by atoms with Crippen LogP contribution in [0.5, 0.6) is 11.5 Å². The van der Waals surface area contributed by atoms with Crippen LogP contribution in [0.15, 0.2) is 42.5 Å². The Morgan fingerprint density at radius 1 is 1.12 bits per heavy atom. The number of benzene rings is 2. The Hall–Kier alpha value is -2.73. The Kier molecular flexibility index (Phi) is 6.86. The fourth-order valence-corrected chi connectivity index (χ4v) is 2.59. The van der Waals surface area contributed by atoms with Crippen LogP contribution in [0, 0.1) is 0 Å². The second kappa shape index (κ2) is 9.10. The molecule has 0 spiro atoms. The average molecular weight is 378 g/mol. The number of carbonyl (C=O) groups is 2. The van der Waals surface area contributed by atoms with Crippen LogP contribution in [-0.2, 0) is 9.53 Å². The summed E-state index contributed by atoms with van der Waals surface area (Å²) in [6.07, 6.45) is 0. The first-order chi connectivity index (χ1) is 12.5. The van der Waals surface area contributed by atoms with Gasteiger partial charge in [0.05, 0.1) is 30.8 Å². The van der Waals surface area contributed by atoms with Crippen molar-refractivity contribution in [1.82, 2.24) is 5.32 Å². The van der Waals surface area contributed by atoms with E-state index < -0.39 is 18.5 Å². The Bertz CT molecular complexity index is 793. The molecular weight excluding hydrogens is 358 g/mol. The van der Waals surface area contributed by atoms with Crippen LogP contribution >= 0.6 is 11.6 Å². The Balaban J connectivity index is 1.97. The van der Waals surface area contributed by atoms with Crippen molar-refractivity contribution in [1.29, 1.82) is 0 Å². The molecular formula is C19H20ClNO5. The van der Waals surface area contributed by atoms with Gasteiger partial charge < -0.3 is 19.5 Å². The highest BCUT2D eigenvalue weighted by Gasteiger charge is 2.17. The van der Waals surface area contributed by atoms with E-state index >= 15 is 0 Å². The quantitative estimate of drug-likeness (QED) is 0.748. The van der Waals surface area contributed by atoms with Crippen molar-refractivity contribution in [3.63, 3.8) is 0 Å². The van der Waals surface area contributed by atoms with Gasteiger partial charge in [-0.25, -0.2) is 4.79 Å². The van der Waals surface area contributed by atoms with Gasteiger partial charge in [-0.3, -0.25) is 4.79 Å². The molecule has 0 aromatic heterocycles. The van der Waals surface area contributed by atoms with E-state index in [2.05, 4.69) is 5.32 Å². The lowest BCUT2D eigenvalue weighted by atomic mass is 10.1. The topological polar surface area (TPSA) is 73.9 Å². The molecule has 0 aliphatic heterocycles. The van der Waals surface area contributed by atoms with Crippen LogP contribution in [0.2, 0.25) is 5.02 Å². The molecule has 1 N–H and O–H groups in total. The van der Waals surface area contributed by atoms with E-state index in [-0.39, 0.29) is 16.6 Å². The molecule has 0 aliphatic carbocycles. The third kappa shape index (κ3) is 4.89. The van der Waals surface area contributed by atoms with Crippen molar-refractivity contribution < 1.29 is 23.8 Å². The summed E-state index contributed by atoms with van der Waals surface area (Å²) in [6.45, 7) is 1.38. The molecule has 6 nitrogen and oxygen atoms in total. The first kappa shape index (κ1) is 19.6. The highest BCUT2D eigenvalue weighted by Crippen LogP contribution is 2.29. The van der Waals surface area contributed by atoms with Crippen LogP contribution in [0.1, 0.15) is 28.9 Å². The van der Waals surface area contributed by atoms with Crippen LogP contribution in [0.25, 0.3) is 0 Å². The van der Waals surface area contributed by atoms with Crippen molar-refractivity contribution in [2.45, 2.75) is 13.0 Å². The highest BCUT2D eigenvalue weighted by atomic mass is 35.5. The van der Waals surface area contributed by atoms with Gasteiger partial charge >= 0.3 is 5.97 Å². The molecule has 7 heteroatoms. The number of hydrogen-bond donors (Lipinski definition) is 1. The fraction of sp³-hybridized carbons (Fsp3) is 0.263. The van der Waals surface area contributed by atoms with Gasteiger partial charge in [0.25, 0.3) is 5.91 Å². The maximum Gasteiger partial charge on any atom is 0.340 e. The molecule has 26 heavy (non-hydrogen) atoms. The zero-order valence-electron chi connectivity index (χ0n) is 14.7. The zero-order chi connectivity index (χ0) is 19.1. The number of carbonyl (C=O) groups excluding carboxylic acids is 2. The molecule has 0 bridgehead atoms. The molecule has 0 radical (unpaired) electrons. The summed E-state index contributed by atoms with van der Waals surface area (Å²) >= 11 is 5.93. The number of nitrogens with one attached hydrogen (secondary N) is 1. The molecule has 1 atom stereocenters. The predicted octanol–water partition coefficient (Wildman–Crippen LogP) is 3.39. The van der Waals surface area contributed by atoms with E-state index in [1.165, 1.54) is 6.07 Å². The number of esters is 1. The molecule has 1 amide bonds. The molecule has 2 rings (SSSR count). The molecule has 0 aliphatic rings. The van der Waals surface area contributed by atoms with Gasteiger partial charge in [0.2, 0.25) is 0 Å². The van der Waals surface area contributed by atoms with Crippen LogP contribution in [0.3, 0.4) is 0 Å². The van der Waals surface area contributed by atoms with Gasteiger partial charge in [0.15, 0.2) is 6.61 Å². The summed E-state index contributed by atoms with van der Waals surface area (Å²) in [4.78, 5) is 24.1. The normalized spacial score (nSPS) is 11.4. The largest absolute Gasteiger partial charge is 0.497 e. The Morgan fingerprint density at radius 3 is 2.50 bits per heavy atom. The second-order valence-electron chi connectivity index (χ2n) is 5.45. The van der Waals surface area contributed by atoms with Crippen LogP contribution in [-0.4, -0.2) is 32.7 Å². The van der Waals surface area contributed by atoms with E-state index in [0.29, 0.717) is 11.5 Å². The smallest absolute Gasteiger partial charge is 0.340 e. The number of hydrogen-bond acceptors (Lipinski definition) is 5. The monoisotopic (exact) mass is 377 g/mol. The maximum atomic E-state index is 12.1. The second-order valence-corrected chi connectivity index (χ2v) is 5.86. The van der Waals surface area contributed by atoms with E-state index in [1.807, 2.05) is 0 Å². The minimum Gasteiger partial charge on any atom is -0.497 e. The van der Waals surface area contributed by atoms with Gasteiger partial charge in [0, 0.05) is 5.56 Å². The number of halogens is 1. The summed E-state index contributed by atoms with van der Waals surface area (Å²) in [7, 11) is 3.11. The van der Waals surface area contributed by atoms with Crippen molar-refractivity contribution >= 4 is 23.5 Å². The molecule has 0 heterocycles. The molecule has 0 saturated carbocycles. The van der Waals surface area contributed by atoms with Crippen molar-refractivity contribution in [2.24, 2.45) is 0 Å². The number of rotatable bonds is 7. The summed E-state index contributed by atoms with van der Waals surface area (Å²) in [5, 5.41) is 3.03. The minimum atomic E-state index is -0.655. The summed E-state index contributed by atoms with van der Waals surface area (Å²) in [5.41, 5.74) is 0.960. The Morgan fingerprint density at radius 2 is 1.85 bits per heavy atom. The van der Waals surface area contributed by atoms with E-state index in [1.54, 1.807) is 57.5 Å². The SMILES string of the molecule is COc1ccc(OC)c(C(C)NC(=O)COC(=O)c2ccccc2Cl)c1. The molecule has 0 fully saturated rings. The number of amides is 1. The van der Waals surface area contributed by atoms with E-state index in [9.17, 15) is 9.59 Å². The summed E-state index contributed by atoms with van der Waals surface area (Å²) in [5.74, 6) is 0.166. The third-order valence-electron chi connectivity index (χ3n) is 3.71. The lowest BCUT2D eigenvalue weighted by Crippen LogP contribution is -2.31.